The molecule has 3 nitrogen and oxygen atoms in total. The van der Waals surface area contributed by atoms with E-state index in [1.165, 1.54) is 0 Å². The molecule has 1 unspecified atom stereocenters. The van der Waals surface area contributed by atoms with Gasteiger partial charge in [0.25, 0.3) is 0 Å². The summed E-state index contributed by atoms with van der Waals surface area (Å²) in [4.78, 5) is 12.2. The first-order valence-electron chi connectivity index (χ1n) is 6.13. The van der Waals surface area contributed by atoms with Crippen molar-refractivity contribution < 1.29 is 13.6 Å². The van der Waals surface area contributed by atoms with E-state index in [4.69, 9.17) is 0 Å². The summed E-state index contributed by atoms with van der Waals surface area (Å²) < 4.78 is 27.6. The Kier molecular flexibility index (Phi) is 4.20. The maximum Gasteiger partial charge on any atom is 0.244 e. The van der Waals surface area contributed by atoms with Gasteiger partial charge >= 0.3 is 0 Å². The molecule has 1 heterocycles. The van der Waals surface area contributed by atoms with Crippen molar-refractivity contribution in [1.82, 2.24) is 5.32 Å². The average Bonchev–Trinajstić information content (AvgIpc) is 2.34. The van der Waals surface area contributed by atoms with E-state index in [1.54, 1.807) is 6.92 Å². The van der Waals surface area contributed by atoms with Crippen LogP contribution in [0.4, 0.5) is 14.5 Å². The van der Waals surface area contributed by atoms with Gasteiger partial charge in [-0.3, -0.25) is 4.79 Å². The standard InChI is InChI=1S/C13H15BrF2N2O/c1-13(4-2-3-5-17-13)12(19)18-11-9(15)6-8(14)7-10(11)16/h6-7,17H,2-5H2,1H3,(H,18,19). The highest BCUT2D eigenvalue weighted by Crippen LogP contribution is 2.26. The van der Waals surface area contributed by atoms with Gasteiger partial charge in [0, 0.05) is 4.47 Å². The van der Waals surface area contributed by atoms with Crippen molar-refractivity contribution in [3.05, 3.63) is 28.2 Å². The molecule has 1 aliphatic rings. The Morgan fingerprint density at radius 1 is 1.37 bits per heavy atom. The third kappa shape index (κ3) is 3.12. The zero-order valence-electron chi connectivity index (χ0n) is 10.5. The molecule has 0 aliphatic carbocycles. The molecule has 0 saturated carbocycles. The van der Waals surface area contributed by atoms with Gasteiger partial charge in [-0.1, -0.05) is 15.9 Å². The van der Waals surface area contributed by atoms with Crippen molar-refractivity contribution in [2.75, 3.05) is 11.9 Å². The van der Waals surface area contributed by atoms with Crippen molar-refractivity contribution in [3.63, 3.8) is 0 Å². The highest BCUT2D eigenvalue weighted by atomic mass is 79.9. The largest absolute Gasteiger partial charge is 0.320 e. The summed E-state index contributed by atoms with van der Waals surface area (Å²) in [6.07, 6.45) is 2.57. The molecule has 1 saturated heterocycles. The minimum absolute atomic E-state index is 0.294. The number of anilines is 1. The van der Waals surface area contributed by atoms with Gasteiger partial charge in [0.1, 0.15) is 5.69 Å². The van der Waals surface area contributed by atoms with Gasteiger partial charge in [0.2, 0.25) is 5.91 Å². The summed E-state index contributed by atoms with van der Waals surface area (Å²) in [7, 11) is 0. The van der Waals surface area contributed by atoms with E-state index in [0.29, 0.717) is 10.9 Å². The molecule has 1 aliphatic heterocycles. The predicted molar refractivity (Wildman–Crippen MR) is 72.9 cm³/mol. The Bertz CT molecular complexity index is 478. The first kappa shape index (κ1) is 14.4. The molecule has 1 aromatic rings. The Morgan fingerprint density at radius 3 is 2.53 bits per heavy atom. The van der Waals surface area contributed by atoms with Crippen LogP contribution < -0.4 is 10.6 Å². The van der Waals surface area contributed by atoms with E-state index in [0.717, 1.165) is 31.5 Å². The third-order valence-electron chi connectivity index (χ3n) is 3.37. The van der Waals surface area contributed by atoms with Crippen molar-refractivity contribution in [1.29, 1.82) is 0 Å². The number of carbonyl (C=O) groups excluding carboxylic acids is 1. The smallest absolute Gasteiger partial charge is 0.244 e. The fourth-order valence-electron chi connectivity index (χ4n) is 2.16. The number of hydrogen-bond acceptors (Lipinski definition) is 2. The summed E-state index contributed by atoms with van der Waals surface area (Å²) in [5, 5.41) is 5.44. The van der Waals surface area contributed by atoms with Crippen LogP contribution >= 0.6 is 15.9 Å². The predicted octanol–water partition coefficient (Wildman–Crippen LogP) is 3.20. The topological polar surface area (TPSA) is 41.1 Å². The van der Waals surface area contributed by atoms with Gasteiger partial charge in [-0.2, -0.15) is 0 Å². The van der Waals surface area contributed by atoms with E-state index in [-0.39, 0.29) is 0 Å². The second-order valence-corrected chi connectivity index (χ2v) is 5.83. The van der Waals surface area contributed by atoms with Crippen LogP contribution in [-0.2, 0) is 4.79 Å². The molecule has 0 bridgehead atoms. The van der Waals surface area contributed by atoms with Crippen LogP contribution in [-0.4, -0.2) is 18.0 Å². The molecule has 0 aromatic heterocycles. The fourth-order valence-corrected chi connectivity index (χ4v) is 2.57. The van der Waals surface area contributed by atoms with E-state index in [2.05, 4.69) is 26.6 Å². The fraction of sp³-hybridized carbons (Fsp3) is 0.462. The summed E-state index contributed by atoms with van der Waals surface area (Å²) in [5.74, 6) is -1.99. The number of benzene rings is 1. The van der Waals surface area contributed by atoms with Gasteiger partial charge in [-0.15, -0.1) is 0 Å². The molecule has 0 radical (unpaired) electrons. The molecular weight excluding hydrogens is 318 g/mol. The van der Waals surface area contributed by atoms with E-state index < -0.39 is 28.8 Å². The van der Waals surface area contributed by atoms with E-state index in [9.17, 15) is 13.6 Å². The number of nitrogens with one attached hydrogen (secondary N) is 2. The second kappa shape index (κ2) is 5.54. The van der Waals surface area contributed by atoms with Crippen LogP contribution in [0.3, 0.4) is 0 Å². The molecule has 6 heteroatoms. The molecule has 1 amide bonds. The normalized spacial score (nSPS) is 23.2. The van der Waals surface area contributed by atoms with Gasteiger partial charge < -0.3 is 10.6 Å². The lowest BCUT2D eigenvalue weighted by Crippen LogP contribution is -2.54. The average molecular weight is 333 g/mol. The Balaban J connectivity index is 2.19. The van der Waals surface area contributed by atoms with Crippen molar-refractivity contribution in [3.8, 4) is 0 Å². The molecule has 1 atom stereocenters. The van der Waals surface area contributed by atoms with Crippen molar-refractivity contribution >= 4 is 27.5 Å². The van der Waals surface area contributed by atoms with Gasteiger partial charge in [0.05, 0.1) is 5.54 Å². The highest BCUT2D eigenvalue weighted by molar-refractivity contribution is 9.10. The number of rotatable bonds is 2. The molecule has 2 N–H and O–H groups in total. The van der Waals surface area contributed by atoms with Crippen LogP contribution in [0.5, 0.6) is 0 Å². The number of amides is 1. The molecule has 0 spiro atoms. The van der Waals surface area contributed by atoms with Crippen LogP contribution in [0, 0.1) is 11.6 Å². The maximum absolute atomic E-state index is 13.7. The molecule has 1 fully saturated rings. The van der Waals surface area contributed by atoms with Gasteiger partial charge in [0.15, 0.2) is 11.6 Å². The van der Waals surface area contributed by atoms with Crippen LogP contribution in [0.25, 0.3) is 0 Å². The quantitative estimate of drug-likeness (QED) is 0.873. The van der Waals surface area contributed by atoms with Gasteiger partial charge in [-0.05, 0) is 44.9 Å². The maximum atomic E-state index is 13.7. The molecule has 1 aromatic carbocycles. The van der Waals surface area contributed by atoms with Gasteiger partial charge in [-0.25, -0.2) is 8.78 Å². The first-order valence-corrected chi connectivity index (χ1v) is 6.93. The second-order valence-electron chi connectivity index (χ2n) is 4.91. The lowest BCUT2D eigenvalue weighted by Gasteiger charge is -2.33. The van der Waals surface area contributed by atoms with E-state index >= 15 is 0 Å². The van der Waals surface area contributed by atoms with Crippen LogP contribution in [0.1, 0.15) is 26.2 Å². The van der Waals surface area contributed by atoms with Crippen LogP contribution in [0.15, 0.2) is 16.6 Å². The van der Waals surface area contributed by atoms with Crippen molar-refractivity contribution in [2.24, 2.45) is 0 Å². The Hall–Kier alpha value is -1.01. The molecule has 2 rings (SSSR count). The lowest BCUT2D eigenvalue weighted by atomic mass is 9.90. The molecule has 19 heavy (non-hydrogen) atoms. The third-order valence-corrected chi connectivity index (χ3v) is 3.82. The lowest BCUT2D eigenvalue weighted by molar-refractivity contribution is -0.122. The summed E-state index contributed by atoms with van der Waals surface area (Å²) in [6.45, 7) is 2.48. The summed E-state index contributed by atoms with van der Waals surface area (Å²) in [6, 6.07) is 2.24. The number of carbonyl (C=O) groups is 1. The number of piperidine rings is 1. The number of hydrogen-bond donors (Lipinski definition) is 2. The zero-order chi connectivity index (χ0) is 14.0. The van der Waals surface area contributed by atoms with E-state index in [1.807, 2.05) is 0 Å². The minimum atomic E-state index is -0.792. The molecule has 104 valence electrons. The summed E-state index contributed by atoms with van der Waals surface area (Å²) >= 11 is 3.00. The highest BCUT2D eigenvalue weighted by Gasteiger charge is 2.35. The van der Waals surface area contributed by atoms with Crippen LogP contribution in [0.2, 0.25) is 0 Å². The summed E-state index contributed by atoms with van der Waals surface area (Å²) in [5.41, 5.74) is -1.17. The SMILES string of the molecule is CC1(C(=O)Nc2c(F)cc(Br)cc2F)CCCCN1. The number of halogens is 3. The Morgan fingerprint density at radius 2 is 2.00 bits per heavy atom. The monoisotopic (exact) mass is 332 g/mol. The minimum Gasteiger partial charge on any atom is -0.320 e. The molecular formula is C13H15BrF2N2O. The Labute approximate surface area is 118 Å². The first-order chi connectivity index (χ1) is 8.92. The zero-order valence-corrected chi connectivity index (χ0v) is 12.1. The van der Waals surface area contributed by atoms with Crippen molar-refractivity contribution in [2.45, 2.75) is 31.7 Å².